The molecule has 5 saturated carbocycles. The van der Waals surface area contributed by atoms with E-state index in [2.05, 4.69) is 63.8 Å². The lowest BCUT2D eigenvalue weighted by Gasteiger charge is -2.72. The van der Waals surface area contributed by atoms with E-state index in [1.54, 1.807) is 12.1 Å². The van der Waals surface area contributed by atoms with Crippen LogP contribution in [0, 0.1) is 56.7 Å². The summed E-state index contributed by atoms with van der Waals surface area (Å²) in [7, 11) is -6.72. The summed E-state index contributed by atoms with van der Waals surface area (Å²) in [6.45, 7) is 22.3. The molecule has 11 nitrogen and oxygen atoms in total. The van der Waals surface area contributed by atoms with Crippen molar-refractivity contribution in [2.75, 3.05) is 44.2 Å². The largest absolute Gasteiger partial charge is 0.478 e. The topological polar surface area (TPSA) is 158 Å². The standard InChI is InChI=1S/C51H75N3O8S2/c1-34(2)38-19-24-51(33-54(28-8-27-53-29-31-63(59,60)32-30-53)44(56)18-17-43(55)52-64(61,62)37-13-14-37)26-25-49(6)40(45(38)51)15-16-42-48(5)22-20-39(35-9-11-36(12-10-35)46(57)58)47(3,4)41(48)21-23-50(42,49)7/h9-12,20,37-38,40-42,45H,1,8,13-19,21-33H2,2-7H3,(H,52,55)(H,57,58)/t38-,40+,41-,42+,45+,48-,49+,50+,51+/m0/s1. The molecule has 13 heteroatoms. The lowest BCUT2D eigenvalue weighted by molar-refractivity contribution is -0.226. The van der Waals surface area contributed by atoms with Gasteiger partial charge in [0, 0.05) is 39.0 Å². The van der Waals surface area contributed by atoms with Gasteiger partial charge in [-0.15, -0.1) is 0 Å². The number of sulfone groups is 1. The second kappa shape index (κ2) is 16.9. The summed E-state index contributed by atoms with van der Waals surface area (Å²) in [6.07, 6.45) is 13.9. The predicted octanol–water partition coefficient (Wildman–Crippen LogP) is 8.37. The molecule has 2 N–H and O–H groups in total. The minimum absolute atomic E-state index is 0.0561. The van der Waals surface area contributed by atoms with Gasteiger partial charge in [0.2, 0.25) is 21.8 Å². The van der Waals surface area contributed by atoms with Crippen LogP contribution in [-0.4, -0.2) is 99.0 Å². The third-order valence-corrected chi connectivity index (χ3v) is 22.7. The molecule has 1 aliphatic heterocycles. The second-order valence-electron chi connectivity index (χ2n) is 22.9. The van der Waals surface area contributed by atoms with Gasteiger partial charge in [0.25, 0.3) is 0 Å². The molecule has 0 bridgehead atoms. The molecule has 1 heterocycles. The van der Waals surface area contributed by atoms with Crippen molar-refractivity contribution in [2.24, 2.45) is 56.7 Å². The van der Waals surface area contributed by atoms with Gasteiger partial charge in [0.1, 0.15) is 0 Å². The maximum Gasteiger partial charge on any atom is 0.335 e. The number of nitrogens with zero attached hydrogens (tertiary/aromatic N) is 2. The monoisotopic (exact) mass is 921 g/mol. The highest BCUT2D eigenvalue weighted by Gasteiger charge is 2.70. The number of amides is 2. The van der Waals surface area contributed by atoms with Crippen LogP contribution in [-0.2, 0) is 29.4 Å². The van der Waals surface area contributed by atoms with E-state index in [0.717, 1.165) is 56.9 Å². The van der Waals surface area contributed by atoms with E-state index in [1.807, 2.05) is 17.0 Å². The maximum absolute atomic E-state index is 14.4. The van der Waals surface area contributed by atoms with Gasteiger partial charge in [-0.05, 0) is 170 Å². The number of carbonyl (C=O) groups is 3. The summed E-state index contributed by atoms with van der Waals surface area (Å²) in [5.74, 6) is 0.873. The number of benzene rings is 1. The van der Waals surface area contributed by atoms with Crippen LogP contribution in [0.1, 0.15) is 147 Å². The molecule has 6 fully saturated rings. The van der Waals surface area contributed by atoms with E-state index in [9.17, 15) is 36.3 Å². The smallest absolute Gasteiger partial charge is 0.335 e. The number of carboxylic acids is 1. The Bertz CT molecular complexity index is 2270. The highest BCUT2D eigenvalue weighted by Crippen LogP contribution is 2.77. The zero-order chi connectivity index (χ0) is 46.3. The summed E-state index contributed by atoms with van der Waals surface area (Å²) >= 11 is 0. The van der Waals surface area contributed by atoms with E-state index in [1.165, 1.54) is 17.6 Å². The first-order valence-corrected chi connectivity index (χ1v) is 27.8. The van der Waals surface area contributed by atoms with Crippen molar-refractivity contribution in [1.29, 1.82) is 0 Å². The highest BCUT2D eigenvalue weighted by molar-refractivity contribution is 7.91. The fraction of sp³-hybridized carbons (Fsp3) is 0.745. The van der Waals surface area contributed by atoms with Crippen LogP contribution in [0.4, 0.5) is 0 Å². The van der Waals surface area contributed by atoms with Crippen LogP contribution in [0.2, 0.25) is 0 Å². The van der Waals surface area contributed by atoms with E-state index < -0.39 is 37.0 Å². The third kappa shape index (κ3) is 8.36. The Balaban J connectivity index is 1.04. The Labute approximate surface area is 383 Å². The van der Waals surface area contributed by atoms with Gasteiger partial charge in [0.15, 0.2) is 9.84 Å². The summed E-state index contributed by atoms with van der Waals surface area (Å²) in [4.78, 5) is 43.2. The highest BCUT2D eigenvalue weighted by atomic mass is 32.2. The van der Waals surface area contributed by atoms with Gasteiger partial charge < -0.3 is 14.9 Å². The number of carboxylic acid groups (broad SMARTS) is 1. The first kappa shape index (κ1) is 47.5. The summed E-state index contributed by atoms with van der Waals surface area (Å²) in [5.41, 5.74) is 4.12. The lowest BCUT2D eigenvalue weighted by atomic mass is 9.32. The number of nitrogens with one attached hydrogen (secondary N) is 1. The maximum atomic E-state index is 14.4. The molecule has 8 rings (SSSR count). The van der Waals surface area contributed by atoms with Crippen molar-refractivity contribution in [3.05, 3.63) is 53.6 Å². The lowest BCUT2D eigenvalue weighted by Crippen LogP contribution is -2.66. The molecule has 1 saturated heterocycles. The van der Waals surface area contributed by atoms with Gasteiger partial charge >= 0.3 is 5.97 Å². The predicted molar refractivity (Wildman–Crippen MR) is 251 cm³/mol. The van der Waals surface area contributed by atoms with Crippen molar-refractivity contribution < 1.29 is 36.3 Å². The zero-order valence-electron chi connectivity index (χ0n) is 39.4. The number of carbonyl (C=O) groups excluding carboxylic acids is 2. The van der Waals surface area contributed by atoms with Crippen molar-refractivity contribution in [1.82, 2.24) is 14.5 Å². The first-order chi connectivity index (χ1) is 30.0. The fourth-order valence-electron chi connectivity index (χ4n) is 15.6. The van der Waals surface area contributed by atoms with Crippen molar-refractivity contribution in [3.8, 4) is 0 Å². The molecule has 0 spiro atoms. The zero-order valence-corrected chi connectivity index (χ0v) is 41.1. The summed E-state index contributed by atoms with van der Waals surface area (Å²) in [5, 5.41) is 9.05. The Kier molecular flexibility index (Phi) is 12.6. The average Bonchev–Trinajstić information content (AvgIpc) is 4.02. The molecule has 0 radical (unpaired) electrons. The molecule has 7 aliphatic rings. The molecule has 9 atom stereocenters. The number of sulfonamides is 1. The molecule has 0 unspecified atom stereocenters. The molecule has 64 heavy (non-hydrogen) atoms. The molecule has 6 aliphatic carbocycles. The summed E-state index contributed by atoms with van der Waals surface area (Å²) in [6, 6.07) is 7.45. The van der Waals surface area contributed by atoms with E-state index in [-0.39, 0.29) is 57.3 Å². The number of aromatic carboxylic acids is 1. The molecule has 354 valence electrons. The van der Waals surface area contributed by atoms with Crippen LogP contribution < -0.4 is 4.72 Å². The van der Waals surface area contributed by atoms with Gasteiger partial charge in [0.05, 0.1) is 22.3 Å². The SMILES string of the molecule is C=C(C)[C@@H]1CC[C@]2(CN(CCCN3CCS(=O)(=O)CC3)C(=O)CCC(=O)NS(=O)(=O)C3CC3)CC[C@]3(C)[C@H](CC[C@@H]4[C@@]5(C)CC=C(c6ccc(C(=O)O)cc6)C(C)(C)[C@@H]5CC[C@]43C)[C@@H]12. The minimum Gasteiger partial charge on any atom is -0.478 e. The molecule has 1 aromatic rings. The average molecular weight is 922 g/mol. The number of allylic oxidation sites excluding steroid dienone is 3. The van der Waals surface area contributed by atoms with Crippen LogP contribution in [0.25, 0.3) is 5.57 Å². The van der Waals surface area contributed by atoms with E-state index in [4.69, 9.17) is 0 Å². The molecular formula is C51H75N3O8S2. The Hall–Kier alpha value is -3.03. The van der Waals surface area contributed by atoms with Crippen molar-refractivity contribution in [2.45, 2.75) is 137 Å². The number of rotatable bonds is 14. The van der Waals surface area contributed by atoms with Crippen LogP contribution in [0.15, 0.2) is 42.5 Å². The van der Waals surface area contributed by atoms with Gasteiger partial charge in [-0.1, -0.05) is 65.0 Å². The normalized spacial score (nSPS) is 36.6. The van der Waals surface area contributed by atoms with Crippen molar-refractivity contribution >= 4 is 43.2 Å². The van der Waals surface area contributed by atoms with Gasteiger partial charge in [-0.3, -0.25) is 14.3 Å². The third-order valence-electron chi connectivity index (χ3n) is 19.2. The van der Waals surface area contributed by atoms with E-state index >= 15 is 0 Å². The summed E-state index contributed by atoms with van der Waals surface area (Å²) < 4.78 is 51.6. The second-order valence-corrected chi connectivity index (χ2v) is 27.2. The van der Waals surface area contributed by atoms with Gasteiger partial charge in [-0.2, -0.15) is 0 Å². The fourth-order valence-corrected chi connectivity index (χ4v) is 18.3. The molecule has 2 amide bonds. The van der Waals surface area contributed by atoms with Gasteiger partial charge in [-0.25, -0.2) is 21.6 Å². The van der Waals surface area contributed by atoms with Crippen molar-refractivity contribution in [3.63, 3.8) is 0 Å². The Morgan fingerprint density at radius 2 is 1.56 bits per heavy atom. The number of hydrogen-bond donors (Lipinski definition) is 2. The number of hydrogen-bond acceptors (Lipinski definition) is 8. The molecule has 0 aromatic heterocycles. The minimum atomic E-state index is -3.70. The first-order valence-electron chi connectivity index (χ1n) is 24.4. The Morgan fingerprint density at radius 1 is 0.875 bits per heavy atom. The van der Waals surface area contributed by atoms with Crippen LogP contribution in [0.3, 0.4) is 0 Å². The molecular weight excluding hydrogens is 847 g/mol. The van der Waals surface area contributed by atoms with Crippen LogP contribution >= 0.6 is 0 Å². The molecule has 1 aromatic carbocycles. The quantitative estimate of drug-likeness (QED) is 0.175. The number of fused-ring (bicyclic) bond motifs is 7. The Morgan fingerprint density at radius 3 is 2.20 bits per heavy atom. The van der Waals surface area contributed by atoms with E-state index in [0.29, 0.717) is 87.1 Å². The van der Waals surface area contributed by atoms with Crippen LogP contribution in [0.5, 0.6) is 0 Å².